The maximum atomic E-state index is 13.0. The van der Waals surface area contributed by atoms with Gasteiger partial charge in [0.15, 0.2) is 0 Å². The van der Waals surface area contributed by atoms with Crippen LogP contribution in [0.2, 0.25) is 0 Å². The molecule has 0 aliphatic heterocycles. The number of carbonyl (C=O) groups excluding carboxylic acids is 1. The Morgan fingerprint density at radius 2 is 1.93 bits per heavy atom. The Balaban J connectivity index is 1.24. The monoisotopic (exact) mass is 428 g/mol. The third-order valence-corrected chi connectivity index (χ3v) is 6.10. The minimum atomic E-state index is -0.274. The second-order valence-electron chi connectivity index (χ2n) is 6.34. The number of hydrogen-bond donors (Lipinski definition) is 3. The van der Waals surface area contributed by atoms with Crippen molar-refractivity contribution in [2.45, 2.75) is 12.2 Å². The number of benzene rings is 2. The van der Waals surface area contributed by atoms with Crippen molar-refractivity contribution in [3.05, 3.63) is 69.8 Å². The topological polar surface area (TPSA) is 90.6 Å². The summed E-state index contributed by atoms with van der Waals surface area (Å²) in [6, 6.07) is 11.5. The molecule has 2 aromatic carbocycles. The number of halogens is 1. The minimum Gasteiger partial charge on any atom is -0.326 e. The van der Waals surface area contributed by atoms with E-state index >= 15 is 0 Å². The zero-order valence-corrected chi connectivity index (χ0v) is 16.8. The van der Waals surface area contributed by atoms with Crippen LogP contribution in [0.15, 0.2) is 52.6 Å². The lowest BCUT2D eigenvalue weighted by molar-refractivity contribution is -0.115. The number of thiazole rings is 1. The number of nitrogens with zero attached hydrogens (tertiary/aromatic N) is 1. The quantitative estimate of drug-likeness (QED) is 0.381. The fraction of sp³-hybridized carbons (Fsp3) is 0.150. The maximum Gasteiger partial charge on any atom is 0.323 e. The summed E-state index contributed by atoms with van der Waals surface area (Å²) in [6.07, 6.45) is 0.376. The molecule has 4 aromatic rings. The fourth-order valence-corrected chi connectivity index (χ4v) is 4.54. The minimum absolute atomic E-state index is 0.0833. The molecule has 4 rings (SSSR count). The largest absolute Gasteiger partial charge is 0.326 e. The van der Waals surface area contributed by atoms with Crippen LogP contribution in [-0.4, -0.2) is 26.6 Å². The Kier molecular flexibility index (Phi) is 5.77. The molecule has 6 nitrogen and oxygen atoms in total. The fourth-order valence-electron chi connectivity index (χ4n) is 2.77. The lowest BCUT2D eigenvalue weighted by Gasteiger charge is -2.05. The average Bonchev–Trinajstić information content (AvgIpc) is 3.31. The van der Waals surface area contributed by atoms with Gasteiger partial charge < -0.3 is 15.3 Å². The van der Waals surface area contributed by atoms with E-state index in [2.05, 4.69) is 20.3 Å². The number of fused-ring (bicyclic) bond motifs is 1. The van der Waals surface area contributed by atoms with Crippen molar-refractivity contribution >= 4 is 45.7 Å². The second kappa shape index (κ2) is 8.62. The number of H-pyrrole nitrogens is 2. The lowest BCUT2D eigenvalue weighted by atomic mass is 10.2. The van der Waals surface area contributed by atoms with Crippen LogP contribution in [0.5, 0.6) is 0 Å². The summed E-state index contributed by atoms with van der Waals surface area (Å²) in [7, 11) is 0. The summed E-state index contributed by atoms with van der Waals surface area (Å²) in [5.41, 5.74) is 3.57. The predicted octanol–water partition coefficient (Wildman–Crippen LogP) is 4.38. The van der Waals surface area contributed by atoms with Gasteiger partial charge in [-0.05, 0) is 42.5 Å². The molecule has 9 heteroatoms. The smallest absolute Gasteiger partial charge is 0.323 e. The van der Waals surface area contributed by atoms with E-state index in [1.807, 2.05) is 5.38 Å². The molecule has 29 heavy (non-hydrogen) atoms. The van der Waals surface area contributed by atoms with Gasteiger partial charge in [0, 0.05) is 34.6 Å². The number of anilines is 1. The highest BCUT2D eigenvalue weighted by Gasteiger charge is 2.07. The molecule has 0 saturated carbocycles. The number of aromatic nitrogens is 3. The Bertz CT molecular complexity index is 1200. The van der Waals surface area contributed by atoms with Crippen molar-refractivity contribution in [2.75, 3.05) is 11.1 Å². The molecule has 1 amide bonds. The Morgan fingerprint density at radius 1 is 1.14 bits per heavy atom. The first kappa shape index (κ1) is 19.4. The number of amides is 1. The second-order valence-corrected chi connectivity index (χ2v) is 8.30. The van der Waals surface area contributed by atoms with Crippen LogP contribution in [0.3, 0.4) is 0 Å². The lowest BCUT2D eigenvalue weighted by Crippen LogP contribution is -2.12. The van der Waals surface area contributed by atoms with Gasteiger partial charge in [-0.15, -0.1) is 11.3 Å². The molecule has 0 bridgehead atoms. The summed E-state index contributed by atoms with van der Waals surface area (Å²) in [5, 5.41) is 5.68. The summed E-state index contributed by atoms with van der Waals surface area (Å²) in [5.74, 6) is 1.03. The van der Waals surface area contributed by atoms with Crippen LogP contribution in [0.25, 0.3) is 21.6 Å². The van der Waals surface area contributed by atoms with Crippen LogP contribution < -0.4 is 11.0 Å². The van der Waals surface area contributed by atoms with E-state index in [4.69, 9.17) is 0 Å². The van der Waals surface area contributed by atoms with Crippen molar-refractivity contribution in [1.82, 2.24) is 15.0 Å². The molecule has 0 fully saturated rings. The summed E-state index contributed by atoms with van der Waals surface area (Å²) < 4.78 is 13.0. The molecule has 0 saturated heterocycles. The van der Waals surface area contributed by atoms with Crippen LogP contribution in [-0.2, 0) is 10.5 Å². The van der Waals surface area contributed by atoms with Gasteiger partial charge in [-0.2, -0.15) is 11.8 Å². The number of carbonyl (C=O) groups is 1. The first-order valence-corrected chi connectivity index (χ1v) is 10.9. The van der Waals surface area contributed by atoms with Crippen molar-refractivity contribution in [3.8, 4) is 10.6 Å². The molecule has 0 spiro atoms. The van der Waals surface area contributed by atoms with Crippen molar-refractivity contribution in [3.63, 3.8) is 0 Å². The molecule has 0 aliphatic rings. The van der Waals surface area contributed by atoms with Crippen molar-refractivity contribution in [2.24, 2.45) is 0 Å². The van der Waals surface area contributed by atoms with E-state index in [-0.39, 0.29) is 17.4 Å². The highest BCUT2D eigenvalue weighted by atomic mass is 32.2. The average molecular weight is 429 g/mol. The van der Waals surface area contributed by atoms with Gasteiger partial charge >= 0.3 is 5.69 Å². The first-order chi connectivity index (χ1) is 14.1. The molecular weight excluding hydrogens is 411 g/mol. The van der Waals surface area contributed by atoms with E-state index in [1.165, 1.54) is 23.5 Å². The molecular formula is C20H17FN4O2S2. The normalized spacial score (nSPS) is 11.1. The van der Waals surface area contributed by atoms with Gasteiger partial charge in [0.2, 0.25) is 5.91 Å². The first-order valence-electron chi connectivity index (χ1n) is 8.87. The molecule has 0 unspecified atom stereocenters. The Morgan fingerprint density at radius 3 is 2.76 bits per heavy atom. The molecule has 2 aromatic heterocycles. The molecule has 0 atom stereocenters. The van der Waals surface area contributed by atoms with Crippen molar-refractivity contribution < 1.29 is 9.18 Å². The highest BCUT2D eigenvalue weighted by Crippen LogP contribution is 2.25. The van der Waals surface area contributed by atoms with E-state index < -0.39 is 0 Å². The molecule has 148 valence electrons. The number of aromatic amines is 2. The van der Waals surface area contributed by atoms with E-state index in [1.54, 1.807) is 42.1 Å². The summed E-state index contributed by atoms with van der Waals surface area (Å²) in [6.45, 7) is 0. The molecule has 3 N–H and O–H groups in total. The van der Waals surface area contributed by atoms with E-state index in [0.717, 1.165) is 16.3 Å². The van der Waals surface area contributed by atoms with Crippen LogP contribution >= 0.6 is 23.1 Å². The molecule has 0 aliphatic carbocycles. The standard InChI is InChI=1S/C20H17FN4O2S2/c21-13-3-1-12(2-4-13)19-23-15(11-29-19)10-28-8-7-18(26)22-14-5-6-16-17(9-14)25-20(27)24-16/h1-6,9,11H,7-8,10H2,(H,22,26)(H2,24,25,27). The van der Waals surface area contributed by atoms with Crippen LogP contribution in [0, 0.1) is 5.82 Å². The van der Waals surface area contributed by atoms with Gasteiger partial charge in [-0.3, -0.25) is 4.79 Å². The predicted molar refractivity (Wildman–Crippen MR) is 116 cm³/mol. The Labute approximate surface area is 173 Å². The van der Waals surface area contributed by atoms with Gasteiger partial charge in [-0.1, -0.05) is 0 Å². The third-order valence-electron chi connectivity index (χ3n) is 4.17. The SMILES string of the molecule is O=C(CCSCc1csc(-c2ccc(F)cc2)n1)Nc1ccc2[nH]c(=O)[nH]c2c1. The number of thioether (sulfide) groups is 1. The number of imidazole rings is 1. The molecule has 0 radical (unpaired) electrons. The van der Waals surface area contributed by atoms with Crippen molar-refractivity contribution in [1.29, 1.82) is 0 Å². The van der Waals surface area contributed by atoms with E-state index in [9.17, 15) is 14.0 Å². The zero-order valence-electron chi connectivity index (χ0n) is 15.2. The van der Waals surface area contributed by atoms with Gasteiger partial charge in [-0.25, -0.2) is 14.2 Å². The van der Waals surface area contributed by atoms with Gasteiger partial charge in [0.05, 0.1) is 16.7 Å². The Hall–Kier alpha value is -2.91. The maximum absolute atomic E-state index is 13.0. The van der Waals surface area contributed by atoms with Gasteiger partial charge in [0.25, 0.3) is 0 Å². The number of rotatable bonds is 7. The number of hydrogen-bond acceptors (Lipinski definition) is 5. The highest BCUT2D eigenvalue weighted by molar-refractivity contribution is 7.98. The van der Waals surface area contributed by atoms with Crippen LogP contribution in [0.4, 0.5) is 10.1 Å². The van der Waals surface area contributed by atoms with Gasteiger partial charge in [0.1, 0.15) is 10.8 Å². The summed E-state index contributed by atoms with van der Waals surface area (Å²) in [4.78, 5) is 33.3. The van der Waals surface area contributed by atoms with E-state index in [0.29, 0.717) is 34.6 Å². The third kappa shape index (κ3) is 4.93. The zero-order chi connectivity index (χ0) is 20.2. The van der Waals surface area contributed by atoms with Crippen LogP contribution in [0.1, 0.15) is 12.1 Å². The summed E-state index contributed by atoms with van der Waals surface area (Å²) >= 11 is 3.16. The number of nitrogens with one attached hydrogen (secondary N) is 3. The molecule has 2 heterocycles.